The molecule has 1 N–H and O–H groups in total. The highest BCUT2D eigenvalue weighted by Crippen LogP contribution is 2.30. The van der Waals surface area contributed by atoms with E-state index in [0.29, 0.717) is 30.0 Å². The molecule has 0 bridgehead atoms. The van der Waals surface area contributed by atoms with Gasteiger partial charge in [-0.1, -0.05) is 65.7 Å². The average Bonchev–Trinajstić information content (AvgIpc) is 3.13. The first-order chi connectivity index (χ1) is 17.9. The molecule has 1 saturated heterocycles. The Kier molecular flexibility index (Phi) is 7.08. The second-order valence-electron chi connectivity index (χ2n) is 9.23. The highest BCUT2D eigenvalue weighted by molar-refractivity contribution is 6.53. The maximum atomic E-state index is 13.2. The van der Waals surface area contributed by atoms with E-state index in [1.807, 2.05) is 42.2 Å². The number of imide groups is 1. The fraction of sp³-hybridized carbons (Fsp3) is 0.207. The first kappa shape index (κ1) is 24.7. The van der Waals surface area contributed by atoms with Crippen LogP contribution in [0.3, 0.4) is 0 Å². The van der Waals surface area contributed by atoms with E-state index in [0.717, 1.165) is 30.1 Å². The first-order valence-electron chi connectivity index (χ1n) is 12.2. The van der Waals surface area contributed by atoms with Crippen molar-refractivity contribution in [3.8, 4) is 0 Å². The Labute approximate surface area is 220 Å². The SMILES string of the molecule is Cc1ccc(N2C(=O)C(Cl)=C(Nc3cccc(C(=O)N4CCN(Cc5ccccc5)CC4)c3)C2=O)cc1. The molecule has 3 aromatic rings. The third-order valence-corrected chi connectivity index (χ3v) is 6.96. The smallest absolute Gasteiger partial charge is 0.283 e. The summed E-state index contributed by atoms with van der Waals surface area (Å²) in [6, 6.07) is 24.3. The molecule has 7 nitrogen and oxygen atoms in total. The summed E-state index contributed by atoms with van der Waals surface area (Å²) in [4.78, 5) is 44.2. The van der Waals surface area contributed by atoms with Crippen molar-refractivity contribution in [2.24, 2.45) is 0 Å². The van der Waals surface area contributed by atoms with Crippen LogP contribution in [0.4, 0.5) is 11.4 Å². The Hall–Kier alpha value is -3.94. The molecule has 3 amide bonds. The van der Waals surface area contributed by atoms with Gasteiger partial charge in [-0.05, 0) is 42.8 Å². The van der Waals surface area contributed by atoms with Gasteiger partial charge in [0.05, 0.1) is 5.69 Å². The van der Waals surface area contributed by atoms with Crippen LogP contribution in [0.15, 0.2) is 89.6 Å². The third-order valence-electron chi connectivity index (χ3n) is 6.61. The number of nitrogens with one attached hydrogen (secondary N) is 1. The van der Waals surface area contributed by atoms with Crippen molar-refractivity contribution in [3.05, 3.63) is 106 Å². The third kappa shape index (κ3) is 5.28. The van der Waals surface area contributed by atoms with Crippen LogP contribution in [0.1, 0.15) is 21.5 Å². The fourth-order valence-electron chi connectivity index (χ4n) is 4.55. The predicted molar refractivity (Wildman–Crippen MR) is 144 cm³/mol. The normalized spacial score (nSPS) is 16.5. The number of hydrogen-bond acceptors (Lipinski definition) is 5. The molecule has 2 heterocycles. The van der Waals surface area contributed by atoms with Gasteiger partial charge in [0.1, 0.15) is 10.7 Å². The van der Waals surface area contributed by atoms with Gasteiger partial charge in [-0.2, -0.15) is 0 Å². The quantitative estimate of drug-likeness (QED) is 0.494. The minimum atomic E-state index is -0.585. The van der Waals surface area contributed by atoms with Gasteiger partial charge in [-0.25, -0.2) is 4.90 Å². The second-order valence-corrected chi connectivity index (χ2v) is 9.61. The Morgan fingerprint density at radius 1 is 0.865 bits per heavy atom. The molecule has 5 rings (SSSR count). The van der Waals surface area contributed by atoms with E-state index in [4.69, 9.17) is 11.6 Å². The molecule has 0 radical (unpaired) electrons. The largest absolute Gasteiger partial charge is 0.350 e. The number of nitrogens with zero attached hydrogens (tertiary/aromatic N) is 3. The topological polar surface area (TPSA) is 73.0 Å². The average molecular weight is 515 g/mol. The van der Waals surface area contributed by atoms with Gasteiger partial charge in [-0.15, -0.1) is 0 Å². The standard InChI is InChI=1S/C29H27ClN4O3/c1-20-10-12-24(13-11-20)34-28(36)25(30)26(29(34)37)31-23-9-5-8-22(18-23)27(35)33-16-14-32(15-17-33)19-21-6-3-2-4-7-21/h2-13,18,31H,14-17,19H2,1H3. The Balaban J connectivity index is 1.24. The summed E-state index contributed by atoms with van der Waals surface area (Å²) >= 11 is 6.27. The van der Waals surface area contributed by atoms with Gasteiger partial charge in [-0.3, -0.25) is 19.3 Å². The molecule has 0 unspecified atom stereocenters. The molecule has 188 valence electrons. The zero-order valence-corrected chi connectivity index (χ0v) is 21.2. The molecule has 3 aromatic carbocycles. The van der Waals surface area contributed by atoms with Gasteiger partial charge in [0.15, 0.2) is 0 Å². The first-order valence-corrected chi connectivity index (χ1v) is 12.6. The number of rotatable bonds is 6. The number of benzene rings is 3. The van der Waals surface area contributed by atoms with Crippen LogP contribution in [0.25, 0.3) is 0 Å². The maximum Gasteiger partial charge on any atom is 0.283 e. The lowest BCUT2D eigenvalue weighted by Crippen LogP contribution is -2.48. The number of carbonyl (C=O) groups is 3. The maximum absolute atomic E-state index is 13.2. The lowest BCUT2D eigenvalue weighted by atomic mass is 10.1. The summed E-state index contributed by atoms with van der Waals surface area (Å²) in [6.07, 6.45) is 0. The number of halogens is 1. The molecular formula is C29H27ClN4O3. The van der Waals surface area contributed by atoms with E-state index in [1.54, 1.807) is 36.4 Å². The van der Waals surface area contributed by atoms with Crippen molar-refractivity contribution < 1.29 is 14.4 Å². The summed E-state index contributed by atoms with van der Waals surface area (Å²) in [5, 5.41) is 2.79. The molecule has 8 heteroatoms. The minimum absolute atomic E-state index is 0.00799. The Morgan fingerprint density at radius 2 is 1.57 bits per heavy atom. The number of piperazine rings is 1. The molecule has 0 saturated carbocycles. The summed E-state index contributed by atoms with van der Waals surface area (Å²) < 4.78 is 0. The van der Waals surface area contributed by atoms with Crippen LogP contribution in [0.5, 0.6) is 0 Å². The zero-order chi connectivity index (χ0) is 25.9. The summed E-state index contributed by atoms with van der Waals surface area (Å²) in [5.41, 5.74) is 3.73. The molecule has 1 fully saturated rings. The number of carbonyl (C=O) groups excluding carboxylic acids is 3. The van der Waals surface area contributed by atoms with Crippen LogP contribution in [0, 0.1) is 6.92 Å². The van der Waals surface area contributed by atoms with Crippen LogP contribution < -0.4 is 10.2 Å². The molecule has 0 aliphatic carbocycles. The molecule has 0 aromatic heterocycles. The van der Waals surface area contributed by atoms with Gasteiger partial charge >= 0.3 is 0 Å². The number of aryl methyl sites for hydroxylation is 1. The van der Waals surface area contributed by atoms with Crippen LogP contribution in [-0.4, -0.2) is 53.7 Å². The highest BCUT2D eigenvalue weighted by Gasteiger charge is 2.39. The zero-order valence-electron chi connectivity index (χ0n) is 20.5. The van der Waals surface area contributed by atoms with E-state index in [2.05, 4.69) is 22.3 Å². The summed E-state index contributed by atoms with van der Waals surface area (Å²) in [7, 11) is 0. The van der Waals surface area contributed by atoms with Crippen molar-refractivity contribution in [1.82, 2.24) is 9.80 Å². The van der Waals surface area contributed by atoms with Crippen molar-refractivity contribution in [2.75, 3.05) is 36.4 Å². The molecular weight excluding hydrogens is 488 g/mol. The summed E-state index contributed by atoms with van der Waals surface area (Å²) in [5.74, 6) is -1.19. The van der Waals surface area contributed by atoms with Crippen LogP contribution in [-0.2, 0) is 16.1 Å². The number of anilines is 2. The highest BCUT2D eigenvalue weighted by atomic mass is 35.5. The van der Waals surface area contributed by atoms with Gasteiger partial charge in [0.25, 0.3) is 17.7 Å². The summed E-state index contributed by atoms with van der Waals surface area (Å²) in [6.45, 7) is 5.66. The van der Waals surface area contributed by atoms with Crippen LogP contribution in [0.2, 0.25) is 0 Å². The van der Waals surface area contributed by atoms with E-state index in [1.165, 1.54) is 5.56 Å². The second kappa shape index (κ2) is 10.6. The van der Waals surface area contributed by atoms with Gasteiger partial charge < -0.3 is 10.2 Å². The molecule has 37 heavy (non-hydrogen) atoms. The molecule has 2 aliphatic heterocycles. The van der Waals surface area contributed by atoms with Crippen molar-refractivity contribution in [1.29, 1.82) is 0 Å². The molecule has 2 aliphatic rings. The Morgan fingerprint density at radius 3 is 2.27 bits per heavy atom. The fourth-order valence-corrected chi connectivity index (χ4v) is 4.76. The van der Waals surface area contributed by atoms with E-state index < -0.39 is 11.8 Å². The number of hydrogen-bond donors (Lipinski definition) is 1. The minimum Gasteiger partial charge on any atom is -0.350 e. The monoisotopic (exact) mass is 514 g/mol. The number of amides is 3. The van der Waals surface area contributed by atoms with E-state index in [9.17, 15) is 14.4 Å². The van der Waals surface area contributed by atoms with Gasteiger partial charge in [0.2, 0.25) is 0 Å². The molecule has 0 atom stereocenters. The van der Waals surface area contributed by atoms with Gasteiger partial charge in [0, 0.05) is 44.0 Å². The molecule has 0 spiro atoms. The van der Waals surface area contributed by atoms with Crippen molar-refractivity contribution >= 4 is 40.7 Å². The lowest BCUT2D eigenvalue weighted by Gasteiger charge is -2.34. The van der Waals surface area contributed by atoms with Crippen LogP contribution >= 0.6 is 11.6 Å². The van der Waals surface area contributed by atoms with E-state index >= 15 is 0 Å². The predicted octanol–water partition coefficient (Wildman–Crippen LogP) is 4.39. The Bertz CT molecular complexity index is 1360. The van der Waals surface area contributed by atoms with E-state index in [-0.39, 0.29) is 16.6 Å². The van der Waals surface area contributed by atoms with Crippen molar-refractivity contribution in [2.45, 2.75) is 13.5 Å². The lowest BCUT2D eigenvalue weighted by molar-refractivity contribution is -0.120. The van der Waals surface area contributed by atoms with Crippen molar-refractivity contribution in [3.63, 3.8) is 0 Å².